The summed E-state index contributed by atoms with van der Waals surface area (Å²) in [6.07, 6.45) is 2.28. The molecule has 0 radical (unpaired) electrons. The van der Waals surface area contributed by atoms with E-state index in [9.17, 15) is 14.7 Å². The fraction of sp³-hybridized carbons (Fsp3) is 0.294. The molecule has 2 amide bonds. The lowest BCUT2D eigenvalue weighted by Crippen LogP contribution is -2.49. The van der Waals surface area contributed by atoms with Crippen LogP contribution in [0.15, 0.2) is 42.5 Å². The van der Waals surface area contributed by atoms with Crippen molar-refractivity contribution in [3.8, 4) is 0 Å². The minimum Gasteiger partial charge on any atom is -0.388 e. The molecule has 5 nitrogen and oxygen atoms in total. The van der Waals surface area contributed by atoms with Crippen molar-refractivity contribution in [1.82, 2.24) is 5.32 Å². The Morgan fingerprint density at radius 2 is 1.77 bits per heavy atom. The summed E-state index contributed by atoms with van der Waals surface area (Å²) in [5, 5.41) is 16.9. The lowest BCUT2D eigenvalue weighted by molar-refractivity contribution is -0.137. The van der Waals surface area contributed by atoms with Gasteiger partial charge in [-0.2, -0.15) is 0 Å². The molecule has 5 heteroatoms. The summed E-state index contributed by atoms with van der Waals surface area (Å²) in [5.74, 6) is -1.45. The summed E-state index contributed by atoms with van der Waals surface area (Å²) in [6.45, 7) is 0.120. The summed E-state index contributed by atoms with van der Waals surface area (Å²) in [4.78, 5) is 23.8. The predicted molar refractivity (Wildman–Crippen MR) is 84.4 cm³/mol. The molecule has 1 saturated carbocycles. The van der Waals surface area contributed by atoms with Crippen molar-refractivity contribution in [2.45, 2.75) is 24.9 Å². The molecule has 3 rings (SSSR count). The Morgan fingerprint density at radius 3 is 2.50 bits per heavy atom. The van der Waals surface area contributed by atoms with Crippen LogP contribution in [0, 0.1) is 0 Å². The monoisotopic (exact) mass is 298 g/mol. The van der Waals surface area contributed by atoms with Crippen LogP contribution in [-0.4, -0.2) is 29.1 Å². The van der Waals surface area contributed by atoms with E-state index >= 15 is 0 Å². The van der Waals surface area contributed by atoms with Gasteiger partial charge in [-0.3, -0.25) is 9.59 Å². The molecule has 0 unspecified atom stereocenters. The standard InChI is InChI=1S/C17H18N2O3/c20-15(18-11-17(22)9-4-10-17)16(21)19-14-8-3-6-12-5-1-2-7-13(12)14/h1-3,5-8,22H,4,9-11H2,(H,18,20)(H,19,21). The van der Waals surface area contributed by atoms with Gasteiger partial charge in [-0.05, 0) is 30.7 Å². The van der Waals surface area contributed by atoms with Gasteiger partial charge < -0.3 is 15.7 Å². The average molecular weight is 298 g/mol. The van der Waals surface area contributed by atoms with Gasteiger partial charge in [0.05, 0.1) is 5.60 Å². The zero-order valence-electron chi connectivity index (χ0n) is 12.1. The van der Waals surface area contributed by atoms with Crippen LogP contribution in [0.1, 0.15) is 19.3 Å². The molecule has 1 aliphatic carbocycles. The van der Waals surface area contributed by atoms with E-state index in [4.69, 9.17) is 0 Å². The van der Waals surface area contributed by atoms with Crippen molar-refractivity contribution in [2.24, 2.45) is 0 Å². The first-order valence-corrected chi connectivity index (χ1v) is 7.37. The van der Waals surface area contributed by atoms with Gasteiger partial charge in [-0.25, -0.2) is 0 Å². The molecule has 22 heavy (non-hydrogen) atoms. The highest BCUT2D eigenvalue weighted by molar-refractivity contribution is 6.40. The van der Waals surface area contributed by atoms with E-state index in [1.807, 2.05) is 36.4 Å². The Morgan fingerprint density at radius 1 is 1.05 bits per heavy atom. The van der Waals surface area contributed by atoms with Crippen molar-refractivity contribution in [2.75, 3.05) is 11.9 Å². The SMILES string of the molecule is O=C(NCC1(O)CCC1)C(=O)Nc1cccc2ccccc12. The fourth-order valence-electron chi connectivity index (χ4n) is 2.60. The topological polar surface area (TPSA) is 78.4 Å². The fourth-order valence-corrected chi connectivity index (χ4v) is 2.60. The third kappa shape index (κ3) is 2.94. The molecule has 0 aliphatic heterocycles. The van der Waals surface area contributed by atoms with Crippen LogP contribution in [0.5, 0.6) is 0 Å². The smallest absolute Gasteiger partial charge is 0.313 e. The number of hydrogen-bond donors (Lipinski definition) is 3. The number of carbonyl (C=O) groups is 2. The second-order valence-electron chi connectivity index (χ2n) is 5.74. The number of aliphatic hydroxyl groups is 1. The van der Waals surface area contributed by atoms with Gasteiger partial charge in [0.1, 0.15) is 0 Å². The molecule has 0 saturated heterocycles. The van der Waals surface area contributed by atoms with Crippen LogP contribution in [0.4, 0.5) is 5.69 Å². The van der Waals surface area contributed by atoms with E-state index in [2.05, 4.69) is 10.6 Å². The van der Waals surface area contributed by atoms with Crippen LogP contribution >= 0.6 is 0 Å². The van der Waals surface area contributed by atoms with E-state index in [1.165, 1.54) is 0 Å². The number of rotatable bonds is 3. The molecule has 0 heterocycles. The Balaban J connectivity index is 1.66. The highest BCUT2D eigenvalue weighted by Gasteiger charge is 2.35. The first-order valence-electron chi connectivity index (χ1n) is 7.37. The van der Waals surface area contributed by atoms with Crippen LogP contribution in [0.2, 0.25) is 0 Å². The van der Waals surface area contributed by atoms with E-state index < -0.39 is 17.4 Å². The minimum atomic E-state index is -0.838. The molecule has 1 aliphatic rings. The van der Waals surface area contributed by atoms with Gasteiger partial charge in [0.2, 0.25) is 0 Å². The lowest BCUT2D eigenvalue weighted by atomic mass is 9.80. The molecule has 0 atom stereocenters. The second kappa shape index (κ2) is 5.77. The molecule has 2 aromatic carbocycles. The van der Waals surface area contributed by atoms with E-state index in [-0.39, 0.29) is 6.54 Å². The number of fused-ring (bicyclic) bond motifs is 1. The summed E-state index contributed by atoms with van der Waals surface area (Å²) in [6, 6.07) is 13.2. The van der Waals surface area contributed by atoms with Gasteiger partial charge in [-0.15, -0.1) is 0 Å². The Kier molecular flexibility index (Phi) is 3.81. The second-order valence-corrected chi connectivity index (χ2v) is 5.74. The van der Waals surface area contributed by atoms with E-state index in [0.29, 0.717) is 18.5 Å². The number of anilines is 1. The molecule has 114 valence electrons. The number of benzene rings is 2. The Bertz CT molecular complexity index is 717. The third-order valence-electron chi connectivity index (χ3n) is 4.11. The quantitative estimate of drug-likeness (QED) is 0.756. The Labute approximate surface area is 128 Å². The zero-order chi connectivity index (χ0) is 15.6. The normalized spacial score (nSPS) is 15.9. The predicted octanol–water partition coefficient (Wildman–Crippen LogP) is 1.81. The van der Waals surface area contributed by atoms with Crippen molar-refractivity contribution in [3.05, 3.63) is 42.5 Å². The van der Waals surface area contributed by atoms with Gasteiger partial charge in [0.25, 0.3) is 0 Å². The van der Waals surface area contributed by atoms with Crippen LogP contribution in [-0.2, 0) is 9.59 Å². The number of hydrogen-bond acceptors (Lipinski definition) is 3. The molecule has 0 bridgehead atoms. The molecular formula is C17H18N2O3. The van der Waals surface area contributed by atoms with Crippen molar-refractivity contribution < 1.29 is 14.7 Å². The maximum absolute atomic E-state index is 12.0. The molecule has 1 fully saturated rings. The highest BCUT2D eigenvalue weighted by Crippen LogP contribution is 2.30. The number of nitrogens with one attached hydrogen (secondary N) is 2. The van der Waals surface area contributed by atoms with Crippen molar-refractivity contribution in [1.29, 1.82) is 0 Å². The average Bonchev–Trinajstić information content (AvgIpc) is 2.51. The molecule has 0 spiro atoms. The van der Waals surface area contributed by atoms with Gasteiger partial charge in [0, 0.05) is 17.6 Å². The summed E-state index contributed by atoms with van der Waals surface area (Å²) in [5.41, 5.74) is -0.240. The van der Waals surface area contributed by atoms with Crippen molar-refractivity contribution >= 4 is 28.3 Å². The highest BCUT2D eigenvalue weighted by atomic mass is 16.3. The molecule has 2 aromatic rings. The van der Waals surface area contributed by atoms with Crippen LogP contribution in [0.25, 0.3) is 10.8 Å². The maximum Gasteiger partial charge on any atom is 0.313 e. The molecule has 3 N–H and O–H groups in total. The van der Waals surface area contributed by atoms with Crippen LogP contribution < -0.4 is 10.6 Å². The minimum absolute atomic E-state index is 0.120. The lowest BCUT2D eigenvalue weighted by Gasteiger charge is -2.36. The maximum atomic E-state index is 12.0. The zero-order valence-corrected chi connectivity index (χ0v) is 12.1. The summed E-state index contributed by atoms with van der Waals surface area (Å²) >= 11 is 0. The molecular weight excluding hydrogens is 280 g/mol. The van der Waals surface area contributed by atoms with Gasteiger partial charge in [-0.1, -0.05) is 36.4 Å². The Hall–Kier alpha value is -2.40. The summed E-state index contributed by atoms with van der Waals surface area (Å²) < 4.78 is 0. The van der Waals surface area contributed by atoms with Crippen LogP contribution in [0.3, 0.4) is 0 Å². The van der Waals surface area contributed by atoms with Gasteiger partial charge in [0.15, 0.2) is 0 Å². The van der Waals surface area contributed by atoms with E-state index in [1.54, 1.807) is 6.07 Å². The van der Waals surface area contributed by atoms with Crippen molar-refractivity contribution in [3.63, 3.8) is 0 Å². The van der Waals surface area contributed by atoms with E-state index in [0.717, 1.165) is 17.2 Å². The van der Waals surface area contributed by atoms with Gasteiger partial charge >= 0.3 is 11.8 Å². The largest absolute Gasteiger partial charge is 0.388 e. The number of carbonyl (C=O) groups excluding carboxylic acids is 2. The molecule has 0 aromatic heterocycles. The first kappa shape index (κ1) is 14.5. The first-order chi connectivity index (χ1) is 10.6. The number of amides is 2. The third-order valence-corrected chi connectivity index (χ3v) is 4.11. The summed E-state index contributed by atoms with van der Waals surface area (Å²) in [7, 11) is 0.